The Morgan fingerprint density at radius 2 is 1.87 bits per heavy atom. The maximum absolute atomic E-state index is 5.63. The van der Waals surface area contributed by atoms with Crippen molar-refractivity contribution < 1.29 is 4.52 Å². The lowest BCUT2D eigenvalue weighted by molar-refractivity contribution is 0.273. The third-order valence-corrected chi connectivity index (χ3v) is 4.92. The first kappa shape index (κ1) is 15.9. The predicted molar refractivity (Wildman–Crippen MR) is 93.0 cm³/mol. The van der Waals surface area contributed by atoms with E-state index in [1.165, 1.54) is 0 Å². The van der Waals surface area contributed by atoms with Crippen LogP contribution in [0, 0.1) is 5.92 Å². The van der Waals surface area contributed by atoms with Crippen molar-refractivity contribution in [2.45, 2.75) is 26.2 Å². The van der Waals surface area contributed by atoms with E-state index in [4.69, 9.17) is 4.52 Å². The van der Waals surface area contributed by atoms with Gasteiger partial charge >= 0.3 is 0 Å². The monoisotopic (exact) mass is 371 g/mol. The molecule has 5 heteroatoms. The SMILES string of the molecule is CC(C)C(C)(c1ccc(Br)cc1)c1nc(-c2cccnc2)no1. The summed E-state index contributed by atoms with van der Waals surface area (Å²) in [4.78, 5) is 8.75. The summed E-state index contributed by atoms with van der Waals surface area (Å²) in [6, 6.07) is 12.1. The third kappa shape index (κ3) is 2.93. The number of benzene rings is 1. The molecule has 0 amide bonds. The number of aromatic nitrogens is 3. The van der Waals surface area contributed by atoms with Crippen LogP contribution in [0.1, 0.15) is 32.2 Å². The van der Waals surface area contributed by atoms with Crippen LogP contribution in [0.2, 0.25) is 0 Å². The van der Waals surface area contributed by atoms with E-state index in [1.807, 2.05) is 24.3 Å². The van der Waals surface area contributed by atoms with Gasteiger partial charge in [0.2, 0.25) is 11.7 Å². The Morgan fingerprint density at radius 3 is 2.48 bits per heavy atom. The fourth-order valence-electron chi connectivity index (χ4n) is 2.55. The fraction of sp³-hybridized carbons (Fsp3) is 0.278. The van der Waals surface area contributed by atoms with E-state index in [2.05, 4.69) is 64.0 Å². The molecule has 0 saturated heterocycles. The zero-order valence-electron chi connectivity index (χ0n) is 13.3. The van der Waals surface area contributed by atoms with Crippen molar-refractivity contribution in [3.63, 3.8) is 0 Å². The van der Waals surface area contributed by atoms with Gasteiger partial charge in [0.25, 0.3) is 0 Å². The molecule has 3 rings (SSSR count). The van der Waals surface area contributed by atoms with Gasteiger partial charge in [-0.15, -0.1) is 0 Å². The van der Waals surface area contributed by atoms with Gasteiger partial charge in [-0.3, -0.25) is 4.98 Å². The number of hydrogen-bond donors (Lipinski definition) is 0. The summed E-state index contributed by atoms with van der Waals surface area (Å²) in [6.45, 7) is 6.47. The molecule has 2 aromatic heterocycles. The molecule has 1 atom stereocenters. The average molecular weight is 372 g/mol. The molecule has 0 fully saturated rings. The van der Waals surface area contributed by atoms with E-state index in [1.54, 1.807) is 12.4 Å². The smallest absolute Gasteiger partial charge is 0.237 e. The summed E-state index contributed by atoms with van der Waals surface area (Å²) >= 11 is 3.48. The quantitative estimate of drug-likeness (QED) is 0.657. The molecule has 0 aliphatic heterocycles. The zero-order valence-corrected chi connectivity index (χ0v) is 14.9. The van der Waals surface area contributed by atoms with Gasteiger partial charge in [-0.05, 0) is 42.7 Å². The van der Waals surface area contributed by atoms with Crippen molar-refractivity contribution in [3.05, 3.63) is 64.7 Å². The van der Waals surface area contributed by atoms with Crippen LogP contribution >= 0.6 is 15.9 Å². The minimum absolute atomic E-state index is 0.297. The summed E-state index contributed by atoms with van der Waals surface area (Å²) in [5, 5.41) is 4.14. The Hall–Kier alpha value is -2.01. The van der Waals surface area contributed by atoms with Crippen LogP contribution in [0.3, 0.4) is 0 Å². The van der Waals surface area contributed by atoms with Crippen LogP contribution < -0.4 is 0 Å². The summed E-state index contributed by atoms with van der Waals surface area (Å²) in [6.07, 6.45) is 3.46. The first-order valence-electron chi connectivity index (χ1n) is 7.52. The lowest BCUT2D eigenvalue weighted by Crippen LogP contribution is -2.30. The highest BCUT2D eigenvalue weighted by molar-refractivity contribution is 9.10. The molecule has 0 spiro atoms. The summed E-state index contributed by atoms with van der Waals surface area (Å²) in [7, 11) is 0. The Balaban J connectivity index is 2.06. The molecule has 2 heterocycles. The molecular weight excluding hydrogens is 354 g/mol. The van der Waals surface area contributed by atoms with Crippen LogP contribution in [0.15, 0.2) is 57.8 Å². The lowest BCUT2D eigenvalue weighted by Gasteiger charge is -2.30. The van der Waals surface area contributed by atoms with Crippen molar-refractivity contribution >= 4 is 15.9 Å². The van der Waals surface area contributed by atoms with Gasteiger partial charge in [0.05, 0.1) is 5.41 Å². The van der Waals surface area contributed by atoms with E-state index < -0.39 is 0 Å². The number of halogens is 1. The average Bonchev–Trinajstić information content (AvgIpc) is 3.06. The molecule has 23 heavy (non-hydrogen) atoms. The minimum atomic E-state index is -0.353. The van der Waals surface area contributed by atoms with Crippen molar-refractivity contribution in [2.24, 2.45) is 5.92 Å². The molecule has 3 aromatic rings. The molecular formula is C18H18BrN3O. The van der Waals surface area contributed by atoms with Crippen LogP contribution in [0.4, 0.5) is 0 Å². The highest BCUT2D eigenvalue weighted by Crippen LogP contribution is 2.39. The first-order valence-corrected chi connectivity index (χ1v) is 8.31. The van der Waals surface area contributed by atoms with Crippen molar-refractivity contribution in [1.82, 2.24) is 15.1 Å². The number of rotatable bonds is 4. The molecule has 1 aromatic carbocycles. The summed E-state index contributed by atoms with van der Waals surface area (Å²) in [5.41, 5.74) is 1.65. The first-order chi connectivity index (χ1) is 11.0. The molecule has 0 saturated carbocycles. The highest BCUT2D eigenvalue weighted by atomic mass is 79.9. The molecule has 0 aliphatic rings. The Morgan fingerprint density at radius 1 is 1.13 bits per heavy atom. The van der Waals surface area contributed by atoms with Gasteiger partial charge in [0, 0.05) is 22.4 Å². The van der Waals surface area contributed by atoms with Crippen LogP contribution in [0.25, 0.3) is 11.4 Å². The van der Waals surface area contributed by atoms with Crippen molar-refractivity contribution in [3.8, 4) is 11.4 Å². The van der Waals surface area contributed by atoms with Gasteiger partial charge in [-0.1, -0.05) is 47.1 Å². The van der Waals surface area contributed by atoms with Crippen molar-refractivity contribution in [2.75, 3.05) is 0 Å². The minimum Gasteiger partial charge on any atom is -0.338 e. The number of pyridine rings is 1. The summed E-state index contributed by atoms with van der Waals surface area (Å²) in [5.74, 6) is 1.48. The summed E-state index contributed by atoms with van der Waals surface area (Å²) < 4.78 is 6.68. The van der Waals surface area contributed by atoms with E-state index >= 15 is 0 Å². The molecule has 0 aliphatic carbocycles. The second-order valence-electron chi connectivity index (χ2n) is 6.03. The molecule has 0 N–H and O–H groups in total. The molecule has 118 valence electrons. The van der Waals surface area contributed by atoms with Crippen LogP contribution in [-0.4, -0.2) is 15.1 Å². The van der Waals surface area contributed by atoms with Crippen molar-refractivity contribution in [1.29, 1.82) is 0 Å². The maximum Gasteiger partial charge on any atom is 0.237 e. The largest absolute Gasteiger partial charge is 0.338 e. The Kier molecular flexibility index (Phi) is 4.31. The van der Waals surface area contributed by atoms with E-state index in [-0.39, 0.29) is 5.41 Å². The molecule has 0 radical (unpaired) electrons. The lowest BCUT2D eigenvalue weighted by atomic mass is 9.73. The highest BCUT2D eigenvalue weighted by Gasteiger charge is 2.38. The molecule has 4 nitrogen and oxygen atoms in total. The Labute approximate surface area is 144 Å². The fourth-order valence-corrected chi connectivity index (χ4v) is 2.81. The predicted octanol–water partition coefficient (Wildman–Crippen LogP) is 4.86. The normalized spacial score (nSPS) is 14.0. The van der Waals surface area contributed by atoms with Gasteiger partial charge in [0.15, 0.2) is 0 Å². The van der Waals surface area contributed by atoms with Crippen LogP contribution in [0.5, 0.6) is 0 Å². The van der Waals surface area contributed by atoms with Crippen LogP contribution in [-0.2, 0) is 5.41 Å². The molecule has 0 bridgehead atoms. The van der Waals surface area contributed by atoms with Gasteiger partial charge < -0.3 is 4.52 Å². The standard InChI is InChI=1S/C18H18BrN3O/c1-12(2)18(3,14-6-8-15(19)9-7-14)17-21-16(22-23-17)13-5-4-10-20-11-13/h4-12H,1-3H3. The van der Waals surface area contributed by atoms with E-state index in [9.17, 15) is 0 Å². The zero-order chi connectivity index (χ0) is 16.4. The van der Waals surface area contributed by atoms with E-state index in [0.717, 1.165) is 15.6 Å². The second kappa shape index (κ2) is 6.24. The second-order valence-corrected chi connectivity index (χ2v) is 6.94. The number of nitrogens with zero attached hydrogens (tertiary/aromatic N) is 3. The van der Waals surface area contributed by atoms with E-state index in [0.29, 0.717) is 17.6 Å². The number of hydrogen-bond acceptors (Lipinski definition) is 4. The van der Waals surface area contributed by atoms with Gasteiger partial charge in [-0.2, -0.15) is 4.98 Å². The molecule has 1 unspecified atom stereocenters. The Bertz CT molecular complexity index is 784. The van der Waals surface area contributed by atoms with Gasteiger partial charge in [0.1, 0.15) is 0 Å². The third-order valence-electron chi connectivity index (χ3n) is 4.39. The maximum atomic E-state index is 5.63. The van der Waals surface area contributed by atoms with Gasteiger partial charge in [-0.25, -0.2) is 0 Å². The topological polar surface area (TPSA) is 51.8 Å².